The fourth-order valence-corrected chi connectivity index (χ4v) is 2.55. The molecular weight excluding hydrogens is 266 g/mol. The van der Waals surface area contributed by atoms with E-state index in [1.807, 2.05) is 12.1 Å². The number of ether oxygens (including phenoxy) is 2. The number of benzene rings is 1. The first-order valence-electron chi connectivity index (χ1n) is 6.69. The summed E-state index contributed by atoms with van der Waals surface area (Å²) in [5.74, 6) is 0.874. The van der Waals surface area contributed by atoms with E-state index in [0.717, 1.165) is 17.4 Å². The average Bonchev–Trinajstić information content (AvgIpc) is 2.54. The van der Waals surface area contributed by atoms with E-state index in [2.05, 4.69) is 17.1 Å². The molecule has 0 bridgehead atoms. The molecule has 106 valence electrons. The summed E-state index contributed by atoms with van der Waals surface area (Å²) in [6.45, 7) is 1.31. The van der Waals surface area contributed by atoms with E-state index in [4.69, 9.17) is 20.5 Å². The molecule has 3 rings (SSSR count). The highest BCUT2D eigenvalue weighted by Crippen LogP contribution is 2.34. The topological polar surface area (TPSA) is 81.2 Å². The number of aromatic nitrogens is 1. The normalized spacial score (nSPS) is 14.6. The Balaban J connectivity index is 2.30. The van der Waals surface area contributed by atoms with Crippen molar-refractivity contribution in [2.45, 2.75) is 6.42 Å². The average molecular weight is 281 g/mol. The Kier molecular flexibility index (Phi) is 3.46. The summed E-state index contributed by atoms with van der Waals surface area (Å²) >= 11 is 0. The molecule has 1 aromatic heterocycles. The van der Waals surface area contributed by atoms with Crippen LogP contribution in [-0.2, 0) is 4.74 Å². The Morgan fingerprint density at radius 2 is 2.29 bits per heavy atom. The fraction of sp³-hybridized carbons (Fsp3) is 0.250. The Morgan fingerprint density at radius 1 is 1.43 bits per heavy atom. The fourth-order valence-electron chi connectivity index (χ4n) is 2.55. The van der Waals surface area contributed by atoms with E-state index in [-0.39, 0.29) is 5.82 Å². The molecular formula is C16H15N3O2. The lowest BCUT2D eigenvalue weighted by atomic mass is 9.96. The standard InChI is InChI=1S/C16H15N3O2/c1-20-14-3-2-12(10-4-6-21-7-5-10)13-8-11(9-17)16(18)19-15(13)14/h2-4,8H,5-7H2,1H3,(H2,18,19). The minimum absolute atomic E-state index is 0.224. The van der Waals surface area contributed by atoms with E-state index < -0.39 is 0 Å². The van der Waals surface area contributed by atoms with Gasteiger partial charge in [-0.25, -0.2) is 4.98 Å². The quantitative estimate of drug-likeness (QED) is 0.914. The maximum Gasteiger partial charge on any atom is 0.145 e. The Morgan fingerprint density at radius 3 is 2.95 bits per heavy atom. The predicted molar refractivity (Wildman–Crippen MR) is 80.8 cm³/mol. The minimum atomic E-state index is 0.224. The van der Waals surface area contributed by atoms with Crippen LogP contribution in [0.3, 0.4) is 0 Å². The first-order chi connectivity index (χ1) is 10.2. The molecule has 2 N–H and O–H groups in total. The van der Waals surface area contributed by atoms with Gasteiger partial charge in [0.05, 0.1) is 25.9 Å². The van der Waals surface area contributed by atoms with Crippen LogP contribution in [0.1, 0.15) is 17.5 Å². The molecule has 5 heteroatoms. The highest BCUT2D eigenvalue weighted by Gasteiger charge is 2.15. The number of fused-ring (bicyclic) bond motifs is 1. The van der Waals surface area contributed by atoms with Gasteiger partial charge in [0.15, 0.2) is 0 Å². The summed E-state index contributed by atoms with van der Waals surface area (Å²) in [5.41, 5.74) is 9.14. The van der Waals surface area contributed by atoms with Crippen LogP contribution in [0.4, 0.5) is 5.82 Å². The molecule has 0 spiro atoms. The molecule has 0 aliphatic carbocycles. The lowest BCUT2D eigenvalue weighted by Gasteiger charge is -2.17. The van der Waals surface area contributed by atoms with Gasteiger partial charge < -0.3 is 15.2 Å². The van der Waals surface area contributed by atoms with Crippen molar-refractivity contribution in [2.24, 2.45) is 0 Å². The zero-order chi connectivity index (χ0) is 14.8. The van der Waals surface area contributed by atoms with Crippen molar-refractivity contribution in [1.29, 1.82) is 5.26 Å². The molecule has 2 heterocycles. The van der Waals surface area contributed by atoms with Crippen molar-refractivity contribution in [3.05, 3.63) is 35.4 Å². The van der Waals surface area contributed by atoms with Crippen molar-refractivity contribution >= 4 is 22.3 Å². The largest absolute Gasteiger partial charge is 0.494 e. The molecule has 0 atom stereocenters. The summed E-state index contributed by atoms with van der Waals surface area (Å²) in [5, 5.41) is 10.1. The number of methoxy groups -OCH3 is 1. The van der Waals surface area contributed by atoms with E-state index >= 15 is 0 Å². The number of hydrogen-bond donors (Lipinski definition) is 1. The van der Waals surface area contributed by atoms with Gasteiger partial charge in [-0.3, -0.25) is 0 Å². The molecule has 0 fully saturated rings. The van der Waals surface area contributed by atoms with E-state index in [1.165, 1.54) is 5.57 Å². The Hall–Kier alpha value is -2.58. The molecule has 5 nitrogen and oxygen atoms in total. The van der Waals surface area contributed by atoms with Gasteiger partial charge in [0.1, 0.15) is 23.2 Å². The van der Waals surface area contributed by atoms with Crippen LogP contribution in [-0.4, -0.2) is 25.3 Å². The lowest BCUT2D eigenvalue weighted by Crippen LogP contribution is -2.05. The smallest absolute Gasteiger partial charge is 0.145 e. The van der Waals surface area contributed by atoms with Crippen molar-refractivity contribution in [2.75, 3.05) is 26.1 Å². The van der Waals surface area contributed by atoms with Gasteiger partial charge in [-0.2, -0.15) is 5.26 Å². The van der Waals surface area contributed by atoms with Gasteiger partial charge in [0.2, 0.25) is 0 Å². The van der Waals surface area contributed by atoms with Crippen LogP contribution in [0.15, 0.2) is 24.3 Å². The summed E-state index contributed by atoms with van der Waals surface area (Å²) in [4.78, 5) is 4.34. The van der Waals surface area contributed by atoms with Gasteiger partial charge in [-0.1, -0.05) is 12.1 Å². The van der Waals surface area contributed by atoms with Crippen molar-refractivity contribution in [3.63, 3.8) is 0 Å². The van der Waals surface area contributed by atoms with Gasteiger partial charge >= 0.3 is 0 Å². The third-order valence-corrected chi connectivity index (χ3v) is 3.63. The summed E-state index contributed by atoms with van der Waals surface area (Å²) in [7, 11) is 1.60. The van der Waals surface area contributed by atoms with Crippen molar-refractivity contribution in [3.8, 4) is 11.8 Å². The molecule has 0 amide bonds. The molecule has 1 aliphatic heterocycles. The number of anilines is 1. The highest BCUT2D eigenvalue weighted by molar-refractivity contribution is 5.97. The second kappa shape index (κ2) is 5.43. The lowest BCUT2D eigenvalue weighted by molar-refractivity contribution is 0.161. The summed E-state index contributed by atoms with van der Waals surface area (Å²) < 4.78 is 10.7. The Bertz CT molecular complexity index is 775. The first kappa shape index (κ1) is 13.4. The van der Waals surface area contributed by atoms with Crippen LogP contribution < -0.4 is 10.5 Å². The van der Waals surface area contributed by atoms with Crippen LogP contribution >= 0.6 is 0 Å². The van der Waals surface area contributed by atoms with E-state index in [1.54, 1.807) is 13.2 Å². The molecule has 0 unspecified atom stereocenters. The van der Waals surface area contributed by atoms with Gasteiger partial charge in [0, 0.05) is 5.39 Å². The monoisotopic (exact) mass is 281 g/mol. The maximum absolute atomic E-state index is 9.17. The zero-order valence-corrected chi connectivity index (χ0v) is 11.7. The van der Waals surface area contributed by atoms with E-state index in [0.29, 0.717) is 30.0 Å². The molecule has 21 heavy (non-hydrogen) atoms. The maximum atomic E-state index is 9.17. The molecule has 0 saturated heterocycles. The van der Waals surface area contributed by atoms with Crippen LogP contribution in [0.25, 0.3) is 16.5 Å². The number of nitrogens with two attached hydrogens (primary N) is 1. The summed E-state index contributed by atoms with van der Waals surface area (Å²) in [6.07, 6.45) is 2.90. The predicted octanol–water partition coefficient (Wildman–Crippen LogP) is 2.50. The van der Waals surface area contributed by atoms with Gasteiger partial charge in [-0.05, 0) is 29.7 Å². The van der Waals surface area contributed by atoms with Crippen LogP contribution in [0.5, 0.6) is 5.75 Å². The molecule has 1 aliphatic rings. The molecule has 1 aromatic carbocycles. The van der Waals surface area contributed by atoms with Crippen molar-refractivity contribution in [1.82, 2.24) is 4.98 Å². The van der Waals surface area contributed by atoms with E-state index in [9.17, 15) is 0 Å². The third kappa shape index (κ3) is 2.30. The SMILES string of the molecule is COc1ccc(C2=CCOCC2)c2cc(C#N)c(N)nc12. The zero-order valence-electron chi connectivity index (χ0n) is 11.7. The number of nitriles is 1. The second-order valence-electron chi connectivity index (χ2n) is 4.80. The number of rotatable bonds is 2. The number of hydrogen-bond acceptors (Lipinski definition) is 5. The minimum Gasteiger partial charge on any atom is -0.494 e. The molecule has 0 radical (unpaired) electrons. The van der Waals surface area contributed by atoms with Gasteiger partial charge in [0.25, 0.3) is 0 Å². The third-order valence-electron chi connectivity index (χ3n) is 3.63. The number of nitrogen functional groups attached to an aromatic ring is 1. The van der Waals surface area contributed by atoms with Crippen LogP contribution in [0.2, 0.25) is 0 Å². The second-order valence-corrected chi connectivity index (χ2v) is 4.80. The first-order valence-corrected chi connectivity index (χ1v) is 6.69. The Labute approximate surface area is 122 Å². The number of nitrogens with zero attached hydrogens (tertiary/aromatic N) is 2. The molecule has 0 saturated carbocycles. The van der Waals surface area contributed by atoms with Gasteiger partial charge in [-0.15, -0.1) is 0 Å². The van der Waals surface area contributed by atoms with Crippen LogP contribution in [0, 0.1) is 11.3 Å². The summed E-state index contributed by atoms with van der Waals surface area (Å²) in [6, 6.07) is 7.74. The van der Waals surface area contributed by atoms with Crippen molar-refractivity contribution < 1.29 is 9.47 Å². The highest BCUT2D eigenvalue weighted by atomic mass is 16.5. The number of pyridine rings is 1. The molecule has 2 aromatic rings.